The lowest BCUT2D eigenvalue weighted by Gasteiger charge is -2.26. The predicted octanol–water partition coefficient (Wildman–Crippen LogP) is 6.90. The summed E-state index contributed by atoms with van der Waals surface area (Å²) in [6.45, 7) is 4.16. The molecule has 32 heavy (non-hydrogen) atoms. The van der Waals surface area contributed by atoms with Crippen molar-refractivity contribution in [3.63, 3.8) is 0 Å². The van der Waals surface area contributed by atoms with E-state index in [1.54, 1.807) is 0 Å². The Hall–Kier alpha value is -2.96. The van der Waals surface area contributed by atoms with Crippen molar-refractivity contribution in [3.8, 4) is 11.3 Å². The number of furan rings is 1. The Kier molecular flexibility index (Phi) is 5.57. The Morgan fingerprint density at radius 2 is 1.81 bits per heavy atom. The van der Waals surface area contributed by atoms with Crippen LogP contribution in [-0.4, -0.2) is 10.1 Å². The van der Waals surface area contributed by atoms with Gasteiger partial charge in [-0.2, -0.15) is 0 Å². The van der Waals surface area contributed by atoms with E-state index in [0.717, 1.165) is 32.9 Å². The highest BCUT2D eigenvalue weighted by atomic mass is 79.9. The van der Waals surface area contributed by atoms with Gasteiger partial charge in [0, 0.05) is 21.9 Å². The van der Waals surface area contributed by atoms with Gasteiger partial charge in [0.1, 0.15) is 17.6 Å². The number of nitrogens with zero attached hydrogens (tertiary/aromatic N) is 2. The molecule has 0 radical (unpaired) electrons. The molecule has 0 amide bonds. The monoisotopic (exact) mass is 503 g/mol. The molecule has 0 aliphatic carbocycles. The number of thiocarbonyl (C=S) groups is 1. The number of aryl methyl sites for hydroxylation is 2. The zero-order valence-electron chi connectivity index (χ0n) is 17.7. The average Bonchev–Trinajstić information content (AvgIpc) is 3.39. The van der Waals surface area contributed by atoms with E-state index in [-0.39, 0.29) is 12.1 Å². The fourth-order valence-corrected chi connectivity index (χ4v) is 5.21. The van der Waals surface area contributed by atoms with Crippen LogP contribution >= 0.6 is 28.1 Å². The molecular formula is C26H22BrN3OS. The fraction of sp³-hybridized carbons (Fsp3) is 0.154. The topological polar surface area (TPSA) is 41.3 Å². The molecule has 160 valence electrons. The molecule has 1 N–H and O–H groups in total. The van der Waals surface area contributed by atoms with Gasteiger partial charge in [0.25, 0.3) is 0 Å². The highest BCUT2D eigenvalue weighted by Gasteiger charge is 2.42. The van der Waals surface area contributed by atoms with Gasteiger partial charge >= 0.3 is 0 Å². The van der Waals surface area contributed by atoms with Gasteiger partial charge in [-0.1, -0.05) is 40.2 Å². The minimum Gasteiger partial charge on any atom is -0.459 e. The molecule has 1 saturated heterocycles. The quantitative estimate of drug-likeness (QED) is 0.306. The molecule has 2 atom stereocenters. The molecule has 3 heterocycles. The zero-order valence-corrected chi connectivity index (χ0v) is 20.2. The number of pyridine rings is 1. The summed E-state index contributed by atoms with van der Waals surface area (Å²) in [7, 11) is 0. The molecule has 6 heteroatoms. The minimum absolute atomic E-state index is 0.135. The van der Waals surface area contributed by atoms with Crippen LogP contribution in [0.1, 0.15) is 34.7 Å². The van der Waals surface area contributed by atoms with Crippen molar-refractivity contribution in [2.75, 3.05) is 4.90 Å². The van der Waals surface area contributed by atoms with Gasteiger partial charge in [-0.15, -0.1) is 0 Å². The SMILES string of the molecule is Cc1cccc(N2C(=S)N[C@@H](c3ccccn3)[C@@H]2c2ccc(-c3ccc(C)cc3Br)o2)c1. The van der Waals surface area contributed by atoms with E-state index >= 15 is 0 Å². The van der Waals surface area contributed by atoms with E-state index in [1.807, 2.05) is 36.5 Å². The average molecular weight is 504 g/mol. The maximum atomic E-state index is 6.46. The van der Waals surface area contributed by atoms with Gasteiger partial charge in [0.15, 0.2) is 5.11 Å². The van der Waals surface area contributed by atoms with Crippen LogP contribution in [0.4, 0.5) is 5.69 Å². The van der Waals surface area contributed by atoms with Gasteiger partial charge in [0.2, 0.25) is 0 Å². The van der Waals surface area contributed by atoms with Crippen molar-refractivity contribution in [1.29, 1.82) is 0 Å². The van der Waals surface area contributed by atoms with Crippen LogP contribution in [-0.2, 0) is 0 Å². The lowest BCUT2D eigenvalue weighted by atomic mass is 10.0. The van der Waals surface area contributed by atoms with Crippen LogP contribution in [0.2, 0.25) is 0 Å². The van der Waals surface area contributed by atoms with Crippen LogP contribution in [0.3, 0.4) is 0 Å². The Morgan fingerprint density at radius 1 is 0.969 bits per heavy atom. The standard InChI is InChI=1S/C26H22BrN3OS/c1-16-6-5-7-18(14-16)30-25(24(29-26(30)32)21-8-3-4-13-28-21)23-12-11-22(31-23)19-10-9-17(2)15-20(19)27/h3-15,24-25H,1-2H3,(H,29,32)/t24-,25-/m0/s1. The lowest BCUT2D eigenvalue weighted by Crippen LogP contribution is -2.29. The van der Waals surface area contributed by atoms with Crippen molar-refractivity contribution in [2.24, 2.45) is 0 Å². The van der Waals surface area contributed by atoms with Crippen LogP contribution in [0, 0.1) is 13.8 Å². The summed E-state index contributed by atoms with van der Waals surface area (Å²) in [4.78, 5) is 6.74. The van der Waals surface area contributed by atoms with Crippen molar-refractivity contribution in [1.82, 2.24) is 10.3 Å². The Bertz CT molecular complexity index is 1290. The predicted molar refractivity (Wildman–Crippen MR) is 136 cm³/mol. The second-order valence-electron chi connectivity index (χ2n) is 8.02. The Balaban J connectivity index is 1.61. The molecule has 4 aromatic rings. The summed E-state index contributed by atoms with van der Waals surface area (Å²) < 4.78 is 7.47. The van der Waals surface area contributed by atoms with Crippen LogP contribution in [0.25, 0.3) is 11.3 Å². The molecule has 0 spiro atoms. The smallest absolute Gasteiger partial charge is 0.174 e. The summed E-state index contributed by atoms with van der Waals surface area (Å²) in [6, 6.07) is 24.3. The highest BCUT2D eigenvalue weighted by molar-refractivity contribution is 9.10. The molecule has 1 fully saturated rings. The van der Waals surface area contributed by atoms with Crippen molar-refractivity contribution >= 4 is 38.9 Å². The zero-order chi connectivity index (χ0) is 22.2. The summed E-state index contributed by atoms with van der Waals surface area (Å²) in [5, 5.41) is 4.14. The number of hydrogen-bond acceptors (Lipinski definition) is 3. The molecule has 0 saturated carbocycles. The van der Waals surface area contributed by atoms with Crippen molar-refractivity contribution in [3.05, 3.63) is 106 Å². The van der Waals surface area contributed by atoms with E-state index in [2.05, 4.69) is 87.4 Å². The molecule has 0 bridgehead atoms. The largest absolute Gasteiger partial charge is 0.459 e. The third-order valence-corrected chi connectivity index (χ3v) is 6.66. The van der Waals surface area contributed by atoms with Gasteiger partial charge in [-0.05, 0) is 85.7 Å². The first-order valence-electron chi connectivity index (χ1n) is 10.4. The third kappa shape index (κ3) is 3.85. The summed E-state index contributed by atoms with van der Waals surface area (Å²) in [5.74, 6) is 1.64. The van der Waals surface area contributed by atoms with Gasteiger partial charge in [-0.3, -0.25) is 4.98 Å². The Labute approximate surface area is 201 Å². The van der Waals surface area contributed by atoms with Crippen LogP contribution < -0.4 is 10.2 Å². The molecule has 2 aromatic carbocycles. The maximum Gasteiger partial charge on any atom is 0.174 e. The molecule has 1 aliphatic rings. The number of nitrogens with one attached hydrogen (secondary N) is 1. The summed E-state index contributed by atoms with van der Waals surface area (Å²) in [6.07, 6.45) is 1.81. The molecule has 0 unspecified atom stereocenters. The first kappa shape index (κ1) is 20.9. The second kappa shape index (κ2) is 8.52. The number of hydrogen-bond donors (Lipinski definition) is 1. The summed E-state index contributed by atoms with van der Waals surface area (Å²) in [5.41, 5.74) is 5.34. The van der Waals surface area contributed by atoms with E-state index in [4.69, 9.17) is 16.6 Å². The fourth-order valence-electron chi connectivity index (χ4n) is 4.18. The van der Waals surface area contributed by atoms with E-state index < -0.39 is 0 Å². The van der Waals surface area contributed by atoms with Crippen LogP contribution in [0.15, 0.2) is 87.9 Å². The number of benzene rings is 2. The van der Waals surface area contributed by atoms with Gasteiger partial charge in [-0.25, -0.2) is 0 Å². The normalized spacial score (nSPS) is 18.1. The lowest BCUT2D eigenvalue weighted by molar-refractivity contribution is 0.439. The number of halogens is 1. The number of rotatable bonds is 4. The van der Waals surface area contributed by atoms with Gasteiger partial charge in [0.05, 0.1) is 11.7 Å². The van der Waals surface area contributed by atoms with Gasteiger partial charge < -0.3 is 14.6 Å². The minimum atomic E-state index is -0.169. The first-order chi connectivity index (χ1) is 15.5. The number of aromatic nitrogens is 1. The molecule has 2 aromatic heterocycles. The van der Waals surface area contributed by atoms with E-state index in [9.17, 15) is 0 Å². The van der Waals surface area contributed by atoms with Crippen molar-refractivity contribution in [2.45, 2.75) is 25.9 Å². The molecular weight excluding hydrogens is 482 g/mol. The maximum absolute atomic E-state index is 6.46. The van der Waals surface area contributed by atoms with Crippen molar-refractivity contribution < 1.29 is 4.42 Å². The van der Waals surface area contributed by atoms with Crippen LogP contribution in [0.5, 0.6) is 0 Å². The summed E-state index contributed by atoms with van der Waals surface area (Å²) >= 11 is 9.47. The molecule has 1 aliphatic heterocycles. The van der Waals surface area contributed by atoms with E-state index in [0.29, 0.717) is 5.11 Å². The Morgan fingerprint density at radius 3 is 2.56 bits per heavy atom. The molecule has 5 rings (SSSR count). The number of anilines is 1. The second-order valence-corrected chi connectivity index (χ2v) is 9.26. The third-order valence-electron chi connectivity index (χ3n) is 5.69. The highest BCUT2D eigenvalue weighted by Crippen LogP contribution is 2.43. The van der Waals surface area contributed by atoms with E-state index in [1.165, 1.54) is 11.1 Å². The molecule has 4 nitrogen and oxygen atoms in total. The first-order valence-corrected chi connectivity index (χ1v) is 11.6.